The molecule has 0 bridgehead atoms. The van der Waals surface area contributed by atoms with Crippen molar-refractivity contribution in [2.45, 2.75) is 84.2 Å². The molecule has 19 heavy (non-hydrogen) atoms. The molecule has 2 aliphatic rings. The zero-order chi connectivity index (χ0) is 13.8. The minimum atomic E-state index is 0.161. The molecule has 4 atom stereocenters. The highest BCUT2D eigenvalue weighted by molar-refractivity contribution is 5.84. The third-order valence-corrected chi connectivity index (χ3v) is 4.96. The van der Waals surface area contributed by atoms with Crippen LogP contribution in [0.3, 0.4) is 0 Å². The summed E-state index contributed by atoms with van der Waals surface area (Å²) in [5, 5.41) is 3.66. The van der Waals surface area contributed by atoms with Crippen molar-refractivity contribution in [3.63, 3.8) is 0 Å². The Morgan fingerprint density at radius 2 is 1.84 bits per heavy atom. The molecule has 4 unspecified atom stereocenters. The van der Waals surface area contributed by atoms with Crippen molar-refractivity contribution in [3.8, 4) is 0 Å². The average Bonchev–Trinajstić information content (AvgIpc) is 2.37. The van der Waals surface area contributed by atoms with E-state index in [1.165, 1.54) is 38.5 Å². The molecule has 1 aliphatic carbocycles. The van der Waals surface area contributed by atoms with Gasteiger partial charge in [0.05, 0.1) is 6.04 Å². The normalized spacial score (nSPS) is 32.9. The summed E-state index contributed by atoms with van der Waals surface area (Å²) in [6.07, 6.45) is 9.70. The molecule has 0 aromatic carbocycles. The van der Waals surface area contributed by atoms with E-state index in [-0.39, 0.29) is 6.04 Å². The summed E-state index contributed by atoms with van der Waals surface area (Å²) in [5.41, 5.74) is 0. The summed E-state index contributed by atoms with van der Waals surface area (Å²) < 4.78 is 0. The zero-order valence-electron chi connectivity index (χ0n) is 13.0. The summed E-state index contributed by atoms with van der Waals surface area (Å²) in [4.78, 5) is 12.4. The monoisotopic (exact) mass is 265 g/mol. The van der Waals surface area contributed by atoms with Gasteiger partial charge in [-0.1, -0.05) is 33.6 Å². The lowest BCUT2D eigenvalue weighted by Gasteiger charge is -2.40. The highest BCUT2D eigenvalue weighted by Gasteiger charge is 2.34. The van der Waals surface area contributed by atoms with Gasteiger partial charge in [-0.3, -0.25) is 4.79 Å². The number of fused-ring (bicyclic) bond motifs is 1. The fourth-order valence-corrected chi connectivity index (χ4v) is 4.12. The van der Waals surface area contributed by atoms with Gasteiger partial charge in [0.2, 0.25) is 0 Å². The Hall–Kier alpha value is -0.370. The molecule has 1 N–H and O–H groups in total. The number of hydrogen-bond donors (Lipinski definition) is 1. The molecule has 1 saturated carbocycles. The Morgan fingerprint density at radius 3 is 2.58 bits per heavy atom. The lowest BCUT2D eigenvalue weighted by atomic mass is 9.76. The van der Waals surface area contributed by atoms with Crippen LogP contribution in [0.5, 0.6) is 0 Å². The Kier molecular flexibility index (Phi) is 5.44. The van der Waals surface area contributed by atoms with E-state index in [1.54, 1.807) is 0 Å². The number of Topliss-reactive ketones (excluding diaryl/α,β-unsaturated/α-hetero) is 1. The van der Waals surface area contributed by atoms with E-state index in [1.807, 2.05) is 0 Å². The van der Waals surface area contributed by atoms with Gasteiger partial charge in [0, 0.05) is 12.5 Å². The molecular formula is C17H31NO. The van der Waals surface area contributed by atoms with Crippen LogP contribution < -0.4 is 5.32 Å². The van der Waals surface area contributed by atoms with Gasteiger partial charge in [-0.15, -0.1) is 0 Å². The standard InChI is InChI=1S/C17H31NO/c1-12(2)10-13(3)11-17(19)16-9-8-14-6-4-5-7-15(14)18-16/h12-16,18H,4-11H2,1-3H3. The largest absolute Gasteiger partial charge is 0.304 e. The van der Waals surface area contributed by atoms with Gasteiger partial charge in [0.1, 0.15) is 5.78 Å². The molecule has 0 radical (unpaired) electrons. The Balaban J connectivity index is 1.80. The van der Waals surface area contributed by atoms with Crippen LogP contribution in [0, 0.1) is 17.8 Å². The van der Waals surface area contributed by atoms with Crippen molar-refractivity contribution >= 4 is 5.78 Å². The summed E-state index contributed by atoms with van der Waals surface area (Å²) in [6.45, 7) is 6.71. The van der Waals surface area contributed by atoms with Crippen molar-refractivity contribution in [1.82, 2.24) is 5.32 Å². The van der Waals surface area contributed by atoms with E-state index in [0.29, 0.717) is 23.7 Å². The first kappa shape index (κ1) is 15.0. The Morgan fingerprint density at radius 1 is 1.11 bits per heavy atom. The molecule has 2 fully saturated rings. The maximum atomic E-state index is 12.4. The van der Waals surface area contributed by atoms with Crippen LogP contribution in [-0.4, -0.2) is 17.9 Å². The van der Waals surface area contributed by atoms with Crippen molar-refractivity contribution in [1.29, 1.82) is 0 Å². The first-order valence-corrected chi connectivity index (χ1v) is 8.35. The van der Waals surface area contributed by atoms with Crippen molar-refractivity contribution < 1.29 is 4.79 Å². The molecule has 0 amide bonds. The summed E-state index contributed by atoms with van der Waals surface area (Å²) in [6, 6.07) is 0.797. The van der Waals surface area contributed by atoms with Crippen molar-refractivity contribution in [2.24, 2.45) is 17.8 Å². The lowest BCUT2D eigenvalue weighted by Crippen LogP contribution is -2.52. The fraction of sp³-hybridized carbons (Fsp3) is 0.941. The van der Waals surface area contributed by atoms with Gasteiger partial charge in [-0.25, -0.2) is 0 Å². The lowest BCUT2D eigenvalue weighted by molar-refractivity contribution is -0.123. The SMILES string of the molecule is CC(C)CC(C)CC(=O)C1CCC2CCCCC2N1. The van der Waals surface area contributed by atoms with Gasteiger partial charge in [-0.05, 0) is 49.9 Å². The van der Waals surface area contributed by atoms with E-state index >= 15 is 0 Å². The van der Waals surface area contributed by atoms with Gasteiger partial charge in [0.25, 0.3) is 0 Å². The summed E-state index contributed by atoms with van der Waals surface area (Å²) >= 11 is 0. The van der Waals surface area contributed by atoms with Crippen molar-refractivity contribution in [2.75, 3.05) is 0 Å². The van der Waals surface area contributed by atoms with Crippen LogP contribution in [0.4, 0.5) is 0 Å². The molecule has 0 spiro atoms. The summed E-state index contributed by atoms with van der Waals surface area (Å²) in [5.74, 6) is 2.56. The Bertz CT molecular complexity index is 300. The molecule has 0 aromatic rings. The number of carbonyl (C=O) groups is 1. The predicted octanol–water partition coefficient (Wildman–Crippen LogP) is 3.94. The van der Waals surface area contributed by atoms with E-state index in [0.717, 1.165) is 18.8 Å². The third-order valence-electron chi connectivity index (χ3n) is 4.96. The maximum Gasteiger partial charge on any atom is 0.150 e. The molecular weight excluding hydrogens is 234 g/mol. The molecule has 1 aliphatic heterocycles. The van der Waals surface area contributed by atoms with E-state index in [2.05, 4.69) is 26.1 Å². The molecule has 2 rings (SSSR count). The number of rotatable bonds is 5. The molecule has 2 nitrogen and oxygen atoms in total. The third kappa shape index (κ3) is 4.30. The first-order chi connectivity index (χ1) is 9.06. The molecule has 2 heteroatoms. The minimum absolute atomic E-state index is 0.161. The van der Waals surface area contributed by atoms with Gasteiger partial charge < -0.3 is 5.32 Å². The van der Waals surface area contributed by atoms with Gasteiger partial charge >= 0.3 is 0 Å². The first-order valence-electron chi connectivity index (χ1n) is 8.35. The van der Waals surface area contributed by atoms with Crippen LogP contribution in [0.25, 0.3) is 0 Å². The second kappa shape index (κ2) is 6.88. The van der Waals surface area contributed by atoms with Crippen molar-refractivity contribution in [3.05, 3.63) is 0 Å². The molecule has 0 aromatic heterocycles. The second-order valence-electron chi connectivity index (χ2n) is 7.35. The smallest absolute Gasteiger partial charge is 0.150 e. The van der Waals surface area contributed by atoms with Crippen LogP contribution in [0.1, 0.15) is 72.1 Å². The summed E-state index contributed by atoms with van der Waals surface area (Å²) in [7, 11) is 0. The van der Waals surface area contributed by atoms with E-state index in [9.17, 15) is 4.79 Å². The number of piperidine rings is 1. The average molecular weight is 265 g/mol. The Labute approximate surface area is 118 Å². The number of ketones is 1. The van der Waals surface area contributed by atoms with Crippen LogP contribution in [-0.2, 0) is 4.79 Å². The number of nitrogens with one attached hydrogen (secondary N) is 1. The molecule has 1 heterocycles. The topological polar surface area (TPSA) is 29.1 Å². The van der Waals surface area contributed by atoms with Gasteiger partial charge in [0.15, 0.2) is 0 Å². The number of carbonyl (C=O) groups excluding carboxylic acids is 1. The van der Waals surface area contributed by atoms with Crippen LogP contribution in [0.2, 0.25) is 0 Å². The molecule has 110 valence electrons. The van der Waals surface area contributed by atoms with Crippen LogP contribution in [0.15, 0.2) is 0 Å². The second-order valence-corrected chi connectivity index (χ2v) is 7.35. The van der Waals surface area contributed by atoms with Gasteiger partial charge in [-0.2, -0.15) is 0 Å². The maximum absolute atomic E-state index is 12.4. The highest BCUT2D eigenvalue weighted by Crippen LogP contribution is 2.32. The van der Waals surface area contributed by atoms with E-state index < -0.39 is 0 Å². The van der Waals surface area contributed by atoms with E-state index in [4.69, 9.17) is 0 Å². The molecule has 1 saturated heterocycles. The predicted molar refractivity (Wildman–Crippen MR) is 80.1 cm³/mol. The van der Waals surface area contributed by atoms with Crippen LogP contribution >= 0.6 is 0 Å². The quantitative estimate of drug-likeness (QED) is 0.816. The minimum Gasteiger partial charge on any atom is -0.304 e. The number of hydrogen-bond acceptors (Lipinski definition) is 2. The zero-order valence-corrected chi connectivity index (χ0v) is 13.0. The highest BCUT2D eigenvalue weighted by atomic mass is 16.1. The fourth-order valence-electron chi connectivity index (χ4n) is 4.12.